The first-order valence-corrected chi connectivity index (χ1v) is 12.0. The number of aliphatic hydroxyl groups is 1. The number of aromatic amines is 1. The smallest absolute Gasteiger partial charge is 0.290 e. The summed E-state index contributed by atoms with van der Waals surface area (Å²) in [5, 5.41) is 13.1. The Balaban J connectivity index is 1.47. The zero-order chi connectivity index (χ0) is 25.7. The molecule has 0 radical (unpaired) electrons. The number of ketones is 1. The fraction of sp³-hybridized carbons (Fsp3) is 0.103. The van der Waals surface area contributed by atoms with Gasteiger partial charge >= 0.3 is 0 Å². The van der Waals surface area contributed by atoms with Crippen LogP contribution in [0.1, 0.15) is 27.7 Å². The summed E-state index contributed by atoms with van der Waals surface area (Å²) < 4.78 is 11.0. The molecule has 2 aromatic heterocycles. The number of benzene rings is 3. The first kappa shape index (κ1) is 22.9. The third-order valence-electron chi connectivity index (χ3n) is 6.68. The zero-order valence-electron chi connectivity index (χ0n) is 19.7. The monoisotopic (exact) mass is 512 g/mol. The van der Waals surface area contributed by atoms with E-state index in [-0.39, 0.29) is 17.9 Å². The number of methoxy groups -OCH3 is 1. The number of para-hydroxylation sites is 1. The summed E-state index contributed by atoms with van der Waals surface area (Å²) in [4.78, 5) is 32.0. The number of nitrogens with zero attached hydrogens (tertiary/aromatic N) is 1. The summed E-state index contributed by atoms with van der Waals surface area (Å²) in [5.41, 5.74) is 2.82. The van der Waals surface area contributed by atoms with E-state index in [0.717, 1.165) is 16.5 Å². The number of aliphatic hydroxyl groups excluding tert-OH is 1. The van der Waals surface area contributed by atoms with Gasteiger partial charge in [-0.1, -0.05) is 41.9 Å². The lowest BCUT2D eigenvalue weighted by molar-refractivity contribution is -0.130. The fourth-order valence-corrected chi connectivity index (χ4v) is 5.06. The number of carbonyl (C=O) groups excluding carboxylic acids is 2. The Morgan fingerprint density at radius 2 is 1.89 bits per heavy atom. The molecule has 7 nitrogen and oxygen atoms in total. The van der Waals surface area contributed by atoms with E-state index in [2.05, 4.69) is 4.98 Å². The van der Waals surface area contributed by atoms with Crippen molar-refractivity contribution in [1.29, 1.82) is 0 Å². The molecule has 0 aliphatic carbocycles. The van der Waals surface area contributed by atoms with Crippen molar-refractivity contribution in [3.63, 3.8) is 0 Å². The van der Waals surface area contributed by atoms with Gasteiger partial charge in [-0.3, -0.25) is 9.59 Å². The lowest BCUT2D eigenvalue weighted by atomic mass is 9.94. The number of aromatic nitrogens is 1. The highest BCUT2D eigenvalue weighted by molar-refractivity contribution is 6.31. The number of rotatable bonds is 6. The fourth-order valence-electron chi connectivity index (χ4n) is 4.88. The zero-order valence-corrected chi connectivity index (χ0v) is 20.5. The van der Waals surface area contributed by atoms with Gasteiger partial charge < -0.3 is 24.1 Å². The molecule has 6 rings (SSSR count). The molecule has 0 saturated carbocycles. The molecule has 5 aromatic rings. The van der Waals surface area contributed by atoms with Crippen molar-refractivity contribution in [2.75, 3.05) is 7.11 Å². The first-order chi connectivity index (χ1) is 17.9. The number of H-pyrrole nitrogens is 1. The molecule has 1 unspecified atom stereocenters. The van der Waals surface area contributed by atoms with Crippen LogP contribution in [0.15, 0.2) is 94.7 Å². The number of carbonyl (C=O) groups is 2. The van der Waals surface area contributed by atoms with E-state index in [1.165, 1.54) is 4.90 Å². The van der Waals surface area contributed by atoms with Crippen molar-refractivity contribution in [2.24, 2.45) is 0 Å². The van der Waals surface area contributed by atoms with Crippen LogP contribution in [0.25, 0.3) is 21.9 Å². The Morgan fingerprint density at radius 1 is 1.11 bits per heavy atom. The minimum absolute atomic E-state index is 0.0164. The van der Waals surface area contributed by atoms with Crippen molar-refractivity contribution in [3.8, 4) is 5.75 Å². The molecule has 0 bridgehead atoms. The van der Waals surface area contributed by atoms with Crippen molar-refractivity contribution in [1.82, 2.24) is 9.88 Å². The summed E-state index contributed by atoms with van der Waals surface area (Å²) in [6, 6.07) is 20.7. The third-order valence-corrected chi connectivity index (χ3v) is 6.91. The van der Waals surface area contributed by atoms with Gasteiger partial charge in [0.15, 0.2) is 11.5 Å². The molecular formula is C29H21ClN2O5. The molecule has 1 amide bonds. The second-order valence-electron chi connectivity index (χ2n) is 8.86. The molecular weight excluding hydrogens is 492 g/mol. The van der Waals surface area contributed by atoms with Crippen LogP contribution in [0, 0.1) is 0 Å². The molecule has 184 valence electrons. The van der Waals surface area contributed by atoms with Crippen LogP contribution in [0.5, 0.6) is 5.75 Å². The Morgan fingerprint density at radius 3 is 2.68 bits per heavy atom. The Hall–Kier alpha value is -4.49. The van der Waals surface area contributed by atoms with Gasteiger partial charge in [-0.15, -0.1) is 0 Å². The molecule has 1 atom stereocenters. The van der Waals surface area contributed by atoms with E-state index in [1.54, 1.807) is 49.7 Å². The largest absolute Gasteiger partial charge is 0.503 e. The molecule has 8 heteroatoms. The van der Waals surface area contributed by atoms with Crippen molar-refractivity contribution in [3.05, 3.63) is 112 Å². The molecule has 3 aromatic carbocycles. The molecule has 1 aliphatic rings. The minimum atomic E-state index is -0.838. The Bertz CT molecular complexity index is 1710. The number of halogens is 1. The molecule has 0 spiro atoms. The Labute approximate surface area is 216 Å². The van der Waals surface area contributed by atoms with E-state index in [9.17, 15) is 14.7 Å². The summed E-state index contributed by atoms with van der Waals surface area (Å²) in [7, 11) is 1.58. The van der Waals surface area contributed by atoms with Gasteiger partial charge in [0.25, 0.3) is 5.91 Å². The van der Waals surface area contributed by atoms with Crippen molar-refractivity contribution >= 4 is 45.2 Å². The summed E-state index contributed by atoms with van der Waals surface area (Å²) in [5.74, 6) is -1.08. The van der Waals surface area contributed by atoms with Crippen LogP contribution in [-0.2, 0) is 11.3 Å². The van der Waals surface area contributed by atoms with Crippen molar-refractivity contribution < 1.29 is 23.8 Å². The molecule has 0 fully saturated rings. The molecule has 1 aliphatic heterocycles. The van der Waals surface area contributed by atoms with Crippen LogP contribution in [0.4, 0.5) is 0 Å². The highest BCUT2D eigenvalue weighted by Crippen LogP contribution is 2.43. The lowest BCUT2D eigenvalue weighted by Crippen LogP contribution is -2.30. The van der Waals surface area contributed by atoms with Gasteiger partial charge in [0.05, 0.1) is 18.7 Å². The van der Waals surface area contributed by atoms with Gasteiger partial charge in [0.1, 0.15) is 11.3 Å². The van der Waals surface area contributed by atoms with Gasteiger partial charge in [-0.25, -0.2) is 0 Å². The predicted octanol–water partition coefficient (Wildman–Crippen LogP) is 6.35. The van der Waals surface area contributed by atoms with Gasteiger partial charge in [-0.2, -0.15) is 0 Å². The van der Waals surface area contributed by atoms with Crippen molar-refractivity contribution in [2.45, 2.75) is 12.6 Å². The SMILES string of the molecule is COc1ccc(CN2C(=O)C(O)=C(C(=O)c3cc4cc(Cl)ccc4o3)C2c2c[nH]c3ccccc23)cc1. The number of amides is 1. The third kappa shape index (κ3) is 3.84. The number of ether oxygens (including phenoxy) is 1. The number of hydrogen-bond donors (Lipinski definition) is 2. The van der Waals surface area contributed by atoms with Gasteiger partial charge in [0, 0.05) is 39.6 Å². The maximum atomic E-state index is 13.8. The number of Topliss-reactive ketones (excluding diaryl/α,β-unsaturated/α-hetero) is 1. The maximum absolute atomic E-state index is 13.8. The van der Waals surface area contributed by atoms with E-state index in [1.807, 2.05) is 36.4 Å². The normalized spacial score (nSPS) is 15.8. The summed E-state index contributed by atoms with van der Waals surface area (Å²) in [6.45, 7) is 0.170. The number of furan rings is 1. The molecule has 37 heavy (non-hydrogen) atoms. The van der Waals surface area contributed by atoms with Crippen LogP contribution >= 0.6 is 11.6 Å². The predicted molar refractivity (Wildman–Crippen MR) is 140 cm³/mol. The second-order valence-corrected chi connectivity index (χ2v) is 9.29. The second kappa shape index (κ2) is 8.87. The van der Waals surface area contributed by atoms with E-state index in [4.69, 9.17) is 20.8 Å². The van der Waals surface area contributed by atoms with Crippen LogP contribution in [-0.4, -0.2) is 33.8 Å². The maximum Gasteiger partial charge on any atom is 0.290 e. The highest BCUT2D eigenvalue weighted by atomic mass is 35.5. The highest BCUT2D eigenvalue weighted by Gasteiger charge is 2.45. The van der Waals surface area contributed by atoms with Crippen LogP contribution in [0.2, 0.25) is 5.02 Å². The van der Waals surface area contributed by atoms with Crippen LogP contribution < -0.4 is 4.74 Å². The van der Waals surface area contributed by atoms with E-state index >= 15 is 0 Å². The number of hydrogen-bond acceptors (Lipinski definition) is 5. The lowest BCUT2D eigenvalue weighted by Gasteiger charge is -2.26. The Kier molecular flexibility index (Phi) is 5.50. The first-order valence-electron chi connectivity index (χ1n) is 11.6. The standard InChI is InChI=1S/C29H21ClN2O5/c1-36-19-9-6-16(7-10-19)15-32-26(21-14-31-22-5-3-2-4-20(21)22)25(28(34)29(32)35)27(33)24-13-17-12-18(30)8-11-23(17)37-24/h2-14,26,31,34H,15H2,1H3. The minimum Gasteiger partial charge on any atom is -0.503 e. The number of fused-ring (bicyclic) bond motifs is 2. The molecule has 2 N–H and O–H groups in total. The molecule has 0 saturated heterocycles. The number of nitrogens with one attached hydrogen (secondary N) is 1. The average Bonchev–Trinajstić information content (AvgIpc) is 3.59. The topological polar surface area (TPSA) is 95.8 Å². The van der Waals surface area contributed by atoms with Gasteiger partial charge in [0.2, 0.25) is 5.78 Å². The van der Waals surface area contributed by atoms with E-state index < -0.39 is 23.5 Å². The van der Waals surface area contributed by atoms with Crippen LogP contribution in [0.3, 0.4) is 0 Å². The molecule has 3 heterocycles. The van der Waals surface area contributed by atoms with Gasteiger partial charge in [-0.05, 0) is 48.0 Å². The quantitative estimate of drug-likeness (QED) is 0.258. The summed E-state index contributed by atoms with van der Waals surface area (Å²) >= 11 is 6.10. The summed E-state index contributed by atoms with van der Waals surface area (Å²) in [6.07, 6.45) is 1.77. The van der Waals surface area contributed by atoms with E-state index in [0.29, 0.717) is 27.3 Å². The average molecular weight is 513 g/mol.